The molecule has 0 aliphatic carbocycles. The molecule has 0 bridgehead atoms. The summed E-state index contributed by atoms with van der Waals surface area (Å²) in [6.45, 7) is 3.27. The summed E-state index contributed by atoms with van der Waals surface area (Å²) >= 11 is 0. The Bertz CT molecular complexity index is 1160. The number of aromatic nitrogens is 5. The minimum absolute atomic E-state index is 0.123. The molecule has 1 aliphatic heterocycles. The van der Waals surface area contributed by atoms with Crippen molar-refractivity contribution in [2.45, 2.75) is 32.4 Å². The van der Waals surface area contributed by atoms with E-state index in [1.807, 2.05) is 42.2 Å². The molecule has 4 aromatic rings. The van der Waals surface area contributed by atoms with Crippen LogP contribution < -0.4 is 0 Å². The van der Waals surface area contributed by atoms with Crippen molar-refractivity contribution in [1.29, 1.82) is 0 Å². The fraction of sp³-hybridized carbons (Fsp3) is 0.273. The summed E-state index contributed by atoms with van der Waals surface area (Å²) < 4.78 is 2.12. The number of carbonyl (C=O) groups is 1. The molecule has 5 rings (SSSR count). The first-order chi connectivity index (χ1) is 14.2. The monoisotopic (exact) mass is 386 g/mol. The highest BCUT2D eigenvalue weighted by molar-refractivity contribution is 5.79. The number of H-pyrrole nitrogens is 1. The van der Waals surface area contributed by atoms with Crippen LogP contribution in [0, 0.1) is 6.92 Å². The van der Waals surface area contributed by atoms with E-state index in [0.717, 1.165) is 40.2 Å². The Morgan fingerprint density at radius 3 is 2.90 bits per heavy atom. The smallest absolute Gasteiger partial charge is 0.225 e. The molecule has 3 aromatic heterocycles. The third-order valence-corrected chi connectivity index (χ3v) is 5.66. The maximum absolute atomic E-state index is 13.3. The van der Waals surface area contributed by atoms with Gasteiger partial charge < -0.3 is 14.5 Å². The zero-order valence-corrected chi connectivity index (χ0v) is 16.2. The molecule has 0 saturated heterocycles. The molecule has 1 unspecified atom stereocenters. The fourth-order valence-electron chi connectivity index (χ4n) is 4.26. The van der Waals surface area contributed by atoms with Gasteiger partial charge in [0.25, 0.3) is 0 Å². The van der Waals surface area contributed by atoms with Crippen molar-refractivity contribution in [2.24, 2.45) is 0 Å². The van der Waals surface area contributed by atoms with Gasteiger partial charge >= 0.3 is 0 Å². The molecule has 146 valence electrons. The number of amides is 1. The highest BCUT2D eigenvalue weighted by atomic mass is 16.2. The molecule has 0 saturated carbocycles. The largest absolute Gasteiger partial charge is 0.348 e. The van der Waals surface area contributed by atoms with E-state index >= 15 is 0 Å². The first kappa shape index (κ1) is 17.6. The van der Waals surface area contributed by atoms with Gasteiger partial charge in [0.05, 0.1) is 23.1 Å². The molecular formula is C22H22N6O. The molecule has 4 heterocycles. The van der Waals surface area contributed by atoms with Gasteiger partial charge in [-0.05, 0) is 36.8 Å². The fourth-order valence-corrected chi connectivity index (χ4v) is 4.26. The summed E-state index contributed by atoms with van der Waals surface area (Å²) in [6, 6.07) is 11.8. The third kappa shape index (κ3) is 3.08. The highest BCUT2D eigenvalue weighted by Gasteiger charge is 2.33. The average Bonchev–Trinajstić information content (AvgIpc) is 3.35. The molecule has 0 spiro atoms. The number of hydrogen-bond donors (Lipinski definition) is 1. The number of aromatic amines is 1. The van der Waals surface area contributed by atoms with Gasteiger partial charge in [0.15, 0.2) is 0 Å². The zero-order valence-electron chi connectivity index (χ0n) is 16.2. The van der Waals surface area contributed by atoms with Gasteiger partial charge in [0.2, 0.25) is 5.91 Å². The van der Waals surface area contributed by atoms with Crippen LogP contribution >= 0.6 is 0 Å². The molecule has 0 fully saturated rings. The number of imidazole rings is 2. The van der Waals surface area contributed by atoms with Gasteiger partial charge in [-0.1, -0.05) is 12.1 Å². The minimum Gasteiger partial charge on any atom is -0.348 e. The van der Waals surface area contributed by atoms with Crippen LogP contribution in [0.25, 0.3) is 11.0 Å². The zero-order chi connectivity index (χ0) is 19.8. The molecule has 1 amide bonds. The van der Waals surface area contributed by atoms with E-state index < -0.39 is 0 Å². The second-order valence-corrected chi connectivity index (χ2v) is 7.34. The highest BCUT2D eigenvalue weighted by Crippen LogP contribution is 2.33. The Kier molecular flexibility index (Phi) is 4.35. The number of aryl methyl sites for hydroxylation is 2. The average molecular weight is 386 g/mol. The second kappa shape index (κ2) is 7.16. The molecule has 29 heavy (non-hydrogen) atoms. The van der Waals surface area contributed by atoms with Crippen LogP contribution in [0.5, 0.6) is 0 Å². The third-order valence-electron chi connectivity index (χ3n) is 5.66. The Morgan fingerprint density at radius 1 is 1.21 bits per heavy atom. The first-order valence-electron chi connectivity index (χ1n) is 9.86. The number of para-hydroxylation sites is 2. The van der Waals surface area contributed by atoms with Gasteiger partial charge in [0, 0.05) is 44.0 Å². The molecule has 7 heteroatoms. The van der Waals surface area contributed by atoms with Crippen LogP contribution in [0.3, 0.4) is 0 Å². The Labute approximate surface area is 168 Å². The summed E-state index contributed by atoms with van der Waals surface area (Å²) in [7, 11) is 0. The lowest BCUT2D eigenvalue weighted by Crippen LogP contribution is -2.41. The normalized spacial score (nSPS) is 16.2. The van der Waals surface area contributed by atoms with Crippen molar-refractivity contribution >= 4 is 16.9 Å². The van der Waals surface area contributed by atoms with Gasteiger partial charge in [-0.15, -0.1) is 0 Å². The first-order valence-corrected chi connectivity index (χ1v) is 9.86. The van der Waals surface area contributed by atoms with Crippen LogP contribution in [-0.2, 0) is 17.8 Å². The number of hydrogen-bond acceptors (Lipinski definition) is 4. The van der Waals surface area contributed by atoms with Crippen LogP contribution in [0.2, 0.25) is 0 Å². The van der Waals surface area contributed by atoms with Crippen molar-refractivity contribution in [3.8, 4) is 0 Å². The summed E-state index contributed by atoms with van der Waals surface area (Å²) in [4.78, 5) is 31.7. The number of nitrogens with zero attached hydrogens (tertiary/aromatic N) is 5. The number of carbonyl (C=O) groups excluding carboxylic acids is 1. The predicted octanol–water partition coefficient (Wildman–Crippen LogP) is 3.03. The van der Waals surface area contributed by atoms with Gasteiger partial charge in [0.1, 0.15) is 11.9 Å². The molecule has 1 atom stereocenters. The topological polar surface area (TPSA) is 79.7 Å². The second-order valence-electron chi connectivity index (χ2n) is 7.34. The standard InChI is InChI=1S/C22H22N6O/c1-15-26-17-4-2-3-5-19(17)27(15)13-9-20(29)28-12-8-18-21(25-14-24-18)22(28)16-6-10-23-11-7-16/h2-7,10-11,14,22H,8-9,12-13H2,1H3,(H,24,25). The van der Waals surface area contributed by atoms with Crippen molar-refractivity contribution in [3.05, 3.63) is 77.9 Å². The maximum atomic E-state index is 13.3. The summed E-state index contributed by atoms with van der Waals surface area (Å²) in [5, 5.41) is 0. The number of pyridine rings is 1. The lowest BCUT2D eigenvalue weighted by atomic mass is 9.96. The van der Waals surface area contributed by atoms with E-state index in [9.17, 15) is 4.79 Å². The Hall–Kier alpha value is -3.48. The number of benzene rings is 1. The Morgan fingerprint density at radius 2 is 2.03 bits per heavy atom. The van der Waals surface area contributed by atoms with Crippen LogP contribution in [-0.4, -0.2) is 41.9 Å². The van der Waals surface area contributed by atoms with Crippen molar-refractivity contribution < 1.29 is 4.79 Å². The quantitative estimate of drug-likeness (QED) is 0.585. The van der Waals surface area contributed by atoms with Crippen molar-refractivity contribution in [3.63, 3.8) is 0 Å². The summed E-state index contributed by atoms with van der Waals surface area (Å²) in [5.41, 5.74) is 5.10. The molecule has 1 aromatic carbocycles. The molecule has 0 radical (unpaired) electrons. The Balaban J connectivity index is 1.42. The minimum atomic E-state index is -0.180. The van der Waals surface area contributed by atoms with Crippen LogP contribution in [0.4, 0.5) is 0 Å². The van der Waals surface area contributed by atoms with E-state index in [0.29, 0.717) is 19.5 Å². The predicted molar refractivity (Wildman–Crippen MR) is 109 cm³/mol. The molecule has 1 aliphatic rings. The molecular weight excluding hydrogens is 364 g/mol. The lowest BCUT2D eigenvalue weighted by Gasteiger charge is -2.35. The molecule has 7 nitrogen and oxygen atoms in total. The SMILES string of the molecule is Cc1nc2ccccc2n1CCC(=O)N1CCc2[nH]cnc2C1c1ccncc1. The lowest BCUT2D eigenvalue weighted by molar-refractivity contribution is -0.133. The molecule has 1 N–H and O–H groups in total. The van der Waals surface area contributed by atoms with Crippen LogP contribution in [0.15, 0.2) is 55.1 Å². The van der Waals surface area contributed by atoms with E-state index in [1.165, 1.54) is 0 Å². The van der Waals surface area contributed by atoms with Gasteiger partial charge in [-0.3, -0.25) is 9.78 Å². The van der Waals surface area contributed by atoms with E-state index in [-0.39, 0.29) is 11.9 Å². The van der Waals surface area contributed by atoms with Gasteiger partial charge in [-0.2, -0.15) is 0 Å². The number of fused-ring (bicyclic) bond motifs is 2. The summed E-state index contributed by atoms with van der Waals surface area (Å²) in [5.74, 6) is 1.05. The van der Waals surface area contributed by atoms with Crippen molar-refractivity contribution in [1.82, 2.24) is 29.4 Å². The maximum Gasteiger partial charge on any atom is 0.225 e. The summed E-state index contributed by atoms with van der Waals surface area (Å²) in [6.07, 6.45) is 6.45. The van der Waals surface area contributed by atoms with Crippen LogP contribution in [0.1, 0.15) is 35.2 Å². The van der Waals surface area contributed by atoms with Gasteiger partial charge in [-0.25, -0.2) is 9.97 Å². The van der Waals surface area contributed by atoms with E-state index in [1.54, 1.807) is 18.7 Å². The van der Waals surface area contributed by atoms with E-state index in [4.69, 9.17) is 0 Å². The number of nitrogens with one attached hydrogen (secondary N) is 1. The van der Waals surface area contributed by atoms with Crippen molar-refractivity contribution in [2.75, 3.05) is 6.54 Å². The van der Waals surface area contributed by atoms with E-state index in [2.05, 4.69) is 30.6 Å². The number of rotatable bonds is 4.